The van der Waals surface area contributed by atoms with E-state index in [0.29, 0.717) is 6.54 Å². The minimum absolute atomic E-state index is 0.0793. The maximum atomic E-state index is 12.4. The molecule has 0 saturated carbocycles. The molecule has 0 aliphatic heterocycles. The fourth-order valence-electron chi connectivity index (χ4n) is 1.70. The highest BCUT2D eigenvalue weighted by Crippen LogP contribution is 2.27. The van der Waals surface area contributed by atoms with E-state index in [9.17, 15) is 8.42 Å². The van der Waals surface area contributed by atoms with Crippen LogP contribution in [0, 0.1) is 0 Å². The van der Waals surface area contributed by atoms with E-state index in [1.807, 2.05) is 13.0 Å². The van der Waals surface area contributed by atoms with Crippen LogP contribution in [0.25, 0.3) is 0 Å². The highest BCUT2D eigenvalue weighted by atomic mass is 32.2. The molecule has 1 heterocycles. The van der Waals surface area contributed by atoms with Crippen molar-refractivity contribution in [3.63, 3.8) is 0 Å². The molecule has 0 bridgehead atoms. The van der Waals surface area contributed by atoms with E-state index in [0.717, 1.165) is 23.4 Å². The summed E-state index contributed by atoms with van der Waals surface area (Å²) in [6.07, 6.45) is 0. The first-order valence-electron chi connectivity index (χ1n) is 6.23. The number of benzene rings is 1. The summed E-state index contributed by atoms with van der Waals surface area (Å²) in [5.41, 5.74) is 2.31. The standard InChI is InChI=1S/C12H16N4O3S2/c1-3-13-7-9-4-5-10(19-2)11(6-9)21(17,18)16-12-15-14-8-20-12/h4-6,8,13H,3,7H2,1-2H3,(H,15,16). The van der Waals surface area contributed by atoms with Gasteiger partial charge in [-0.3, -0.25) is 4.72 Å². The van der Waals surface area contributed by atoms with Crippen molar-refractivity contribution in [1.29, 1.82) is 0 Å². The lowest BCUT2D eigenvalue weighted by atomic mass is 10.2. The van der Waals surface area contributed by atoms with Gasteiger partial charge in [0.1, 0.15) is 16.2 Å². The Labute approximate surface area is 127 Å². The van der Waals surface area contributed by atoms with Crippen molar-refractivity contribution in [3.8, 4) is 5.75 Å². The van der Waals surface area contributed by atoms with Crippen LogP contribution in [0.3, 0.4) is 0 Å². The summed E-state index contributed by atoms with van der Waals surface area (Å²) in [4.78, 5) is 0.0793. The quantitative estimate of drug-likeness (QED) is 0.799. The zero-order chi connectivity index (χ0) is 15.3. The average Bonchev–Trinajstić information content (AvgIpc) is 2.97. The van der Waals surface area contributed by atoms with Crippen molar-refractivity contribution in [2.75, 3.05) is 18.4 Å². The molecular weight excluding hydrogens is 312 g/mol. The third kappa shape index (κ3) is 3.90. The lowest BCUT2D eigenvalue weighted by Crippen LogP contribution is -2.16. The minimum atomic E-state index is -3.77. The fourth-order valence-corrected chi connectivity index (χ4v) is 3.61. The van der Waals surface area contributed by atoms with Gasteiger partial charge >= 0.3 is 0 Å². The second-order valence-electron chi connectivity index (χ2n) is 4.11. The van der Waals surface area contributed by atoms with Gasteiger partial charge in [0.2, 0.25) is 5.13 Å². The van der Waals surface area contributed by atoms with E-state index in [2.05, 4.69) is 20.2 Å². The predicted octanol–water partition coefficient (Wildman–Crippen LogP) is 1.46. The van der Waals surface area contributed by atoms with Gasteiger partial charge in [-0.1, -0.05) is 24.3 Å². The number of anilines is 1. The molecule has 0 radical (unpaired) electrons. The summed E-state index contributed by atoms with van der Waals surface area (Å²) < 4.78 is 32.4. The topological polar surface area (TPSA) is 93.2 Å². The number of hydrogen-bond donors (Lipinski definition) is 2. The van der Waals surface area contributed by atoms with Crippen molar-refractivity contribution < 1.29 is 13.2 Å². The van der Waals surface area contributed by atoms with Gasteiger partial charge in [0.05, 0.1) is 7.11 Å². The number of rotatable bonds is 7. The zero-order valence-electron chi connectivity index (χ0n) is 11.7. The van der Waals surface area contributed by atoms with Crippen LogP contribution in [0.5, 0.6) is 5.75 Å². The van der Waals surface area contributed by atoms with E-state index in [1.54, 1.807) is 12.1 Å². The molecule has 2 N–H and O–H groups in total. The molecule has 1 aromatic heterocycles. The first kappa shape index (κ1) is 15.7. The van der Waals surface area contributed by atoms with Crippen LogP contribution < -0.4 is 14.8 Å². The first-order chi connectivity index (χ1) is 10.1. The third-order valence-corrected chi connectivity index (χ3v) is 4.77. The highest BCUT2D eigenvalue weighted by Gasteiger charge is 2.21. The molecule has 0 spiro atoms. The Morgan fingerprint density at radius 1 is 1.38 bits per heavy atom. The zero-order valence-corrected chi connectivity index (χ0v) is 13.3. The Morgan fingerprint density at radius 3 is 2.81 bits per heavy atom. The summed E-state index contributed by atoms with van der Waals surface area (Å²) in [5.74, 6) is 0.285. The van der Waals surface area contributed by atoms with Crippen LogP contribution >= 0.6 is 11.3 Å². The predicted molar refractivity (Wildman–Crippen MR) is 81.1 cm³/mol. The van der Waals surface area contributed by atoms with E-state index in [-0.39, 0.29) is 15.8 Å². The summed E-state index contributed by atoms with van der Waals surface area (Å²) in [6, 6.07) is 5.05. The molecule has 0 amide bonds. The molecule has 0 atom stereocenters. The molecule has 2 aromatic rings. The summed E-state index contributed by atoms with van der Waals surface area (Å²) in [7, 11) is -2.33. The summed E-state index contributed by atoms with van der Waals surface area (Å²) >= 11 is 1.11. The lowest BCUT2D eigenvalue weighted by Gasteiger charge is -2.12. The highest BCUT2D eigenvalue weighted by molar-refractivity contribution is 7.93. The van der Waals surface area contributed by atoms with Crippen LogP contribution in [0.4, 0.5) is 5.13 Å². The second-order valence-corrected chi connectivity index (χ2v) is 6.60. The molecule has 0 fully saturated rings. The molecule has 0 aliphatic carbocycles. The van der Waals surface area contributed by atoms with Gasteiger partial charge in [0, 0.05) is 6.54 Å². The average molecular weight is 328 g/mol. The number of nitrogens with one attached hydrogen (secondary N) is 2. The van der Waals surface area contributed by atoms with Crippen LogP contribution in [-0.2, 0) is 16.6 Å². The third-order valence-electron chi connectivity index (χ3n) is 2.68. The summed E-state index contributed by atoms with van der Waals surface area (Å²) in [6.45, 7) is 3.37. The molecule has 0 saturated heterocycles. The maximum Gasteiger partial charge on any atom is 0.267 e. The Morgan fingerprint density at radius 2 is 2.19 bits per heavy atom. The molecular formula is C12H16N4O3S2. The molecule has 114 valence electrons. The molecule has 21 heavy (non-hydrogen) atoms. The van der Waals surface area contributed by atoms with Crippen LogP contribution in [0.1, 0.15) is 12.5 Å². The molecule has 7 nitrogen and oxygen atoms in total. The number of nitrogens with zero attached hydrogens (tertiary/aromatic N) is 2. The van der Waals surface area contributed by atoms with Gasteiger partial charge in [0.15, 0.2) is 0 Å². The number of sulfonamides is 1. The van der Waals surface area contributed by atoms with Gasteiger partial charge in [-0.2, -0.15) is 0 Å². The summed E-state index contributed by atoms with van der Waals surface area (Å²) in [5, 5.41) is 10.6. The molecule has 9 heteroatoms. The second kappa shape index (κ2) is 6.83. The van der Waals surface area contributed by atoms with Crippen LogP contribution in [0.2, 0.25) is 0 Å². The number of aromatic nitrogens is 2. The molecule has 1 aromatic carbocycles. The number of methoxy groups -OCH3 is 1. The maximum absolute atomic E-state index is 12.4. The number of hydrogen-bond acceptors (Lipinski definition) is 7. The number of ether oxygens (including phenoxy) is 1. The largest absolute Gasteiger partial charge is 0.495 e. The van der Waals surface area contributed by atoms with Crippen LogP contribution in [-0.4, -0.2) is 32.3 Å². The van der Waals surface area contributed by atoms with Gasteiger partial charge in [-0.05, 0) is 24.2 Å². The minimum Gasteiger partial charge on any atom is -0.495 e. The van der Waals surface area contributed by atoms with Crippen LogP contribution in [0.15, 0.2) is 28.6 Å². The Hall–Kier alpha value is -1.71. The van der Waals surface area contributed by atoms with E-state index < -0.39 is 10.0 Å². The van der Waals surface area contributed by atoms with Crippen molar-refractivity contribution in [3.05, 3.63) is 29.3 Å². The van der Waals surface area contributed by atoms with Crippen molar-refractivity contribution >= 4 is 26.5 Å². The smallest absolute Gasteiger partial charge is 0.267 e. The Bertz CT molecular complexity index is 687. The monoisotopic (exact) mass is 328 g/mol. The van der Waals surface area contributed by atoms with E-state index in [4.69, 9.17) is 4.74 Å². The van der Waals surface area contributed by atoms with Gasteiger partial charge in [-0.25, -0.2) is 8.42 Å². The first-order valence-corrected chi connectivity index (χ1v) is 8.59. The normalized spacial score (nSPS) is 11.3. The molecule has 0 aliphatic rings. The lowest BCUT2D eigenvalue weighted by molar-refractivity contribution is 0.402. The van der Waals surface area contributed by atoms with Crippen molar-refractivity contribution in [1.82, 2.24) is 15.5 Å². The van der Waals surface area contributed by atoms with Crippen molar-refractivity contribution in [2.45, 2.75) is 18.4 Å². The SMILES string of the molecule is CCNCc1ccc(OC)c(S(=O)(=O)Nc2nncs2)c1. The van der Waals surface area contributed by atoms with Crippen molar-refractivity contribution in [2.24, 2.45) is 0 Å². The Balaban J connectivity index is 2.35. The fraction of sp³-hybridized carbons (Fsp3) is 0.333. The van der Waals surface area contributed by atoms with Gasteiger partial charge in [-0.15, -0.1) is 10.2 Å². The van der Waals surface area contributed by atoms with Gasteiger partial charge < -0.3 is 10.1 Å². The molecule has 0 unspecified atom stereocenters. The van der Waals surface area contributed by atoms with E-state index in [1.165, 1.54) is 12.6 Å². The van der Waals surface area contributed by atoms with Gasteiger partial charge in [0.25, 0.3) is 10.0 Å². The van der Waals surface area contributed by atoms with E-state index >= 15 is 0 Å². The Kier molecular flexibility index (Phi) is 5.10. The molecule has 2 rings (SSSR count).